The van der Waals surface area contributed by atoms with Gasteiger partial charge in [-0.25, -0.2) is 0 Å². The van der Waals surface area contributed by atoms with E-state index in [2.05, 4.69) is 8.92 Å². The second-order valence-corrected chi connectivity index (χ2v) is 5.11. The Kier molecular flexibility index (Phi) is 4.58. The Morgan fingerprint density at radius 1 is 1.17 bits per heavy atom. The molecule has 0 spiro atoms. The molecule has 0 bridgehead atoms. The second kappa shape index (κ2) is 5.57. The lowest BCUT2D eigenvalue weighted by Gasteiger charge is -2.09. The highest BCUT2D eigenvalue weighted by Crippen LogP contribution is 2.22. The number of alkyl halides is 3. The summed E-state index contributed by atoms with van der Waals surface area (Å²) in [6, 6.07) is 5.13. The van der Waals surface area contributed by atoms with Gasteiger partial charge in [0.25, 0.3) is 10.1 Å². The topological polar surface area (TPSA) is 52.6 Å². The van der Waals surface area contributed by atoms with E-state index in [0.717, 1.165) is 18.4 Å². The van der Waals surface area contributed by atoms with E-state index in [9.17, 15) is 21.6 Å². The fraction of sp³-hybridized carbons (Fsp3) is 0.400. The summed E-state index contributed by atoms with van der Waals surface area (Å²) in [5, 5.41) is 0. The minimum atomic E-state index is -4.72. The highest BCUT2D eigenvalue weighted by atomic mass is 32.2. The minimum Gasteiger partial charge on any atom is -0.406 e. The standard InChI is InChI=1S/C10H11F3O4S/c1-18(14,15)16-7-6-8-2-4-9(5-3-8)17-10(11,12)13/h2-5H,6-7H2,1H3. The van der Waals surface area contributed by atoms with E-state index >= 15 is 0 Å². The summed E-state index contributed by atoms with van der Waals surface area (Å²) in [5.74, 6) is -0.324. The summed E-state index contributed by atoms with van der Waals surface area (Å²) in [5.41, 5.74) is 0.646. The van der Waals surface area contributed by atoms with Crippen LogP contribution < -0.4 is 4.74 Å². The molecule has 0 aliphatic heterocycles. The molecule has 8 heteroatoms. The number of halogens is 3. The molecule has 4 nitrogen and oxygen atoms in total. The molecule has 0 aromatic heterocycles. The number of benzene rings is 1. The van der Waals surface area contributed by atoms with Gasteiger partial charge in [0.15, 0.2) is 0 Å². The fourth-order valence-corrected chi connectivity index (χ4v) is 1.55. The molecular formula is C10H11F3O4S. The molecule has 0 saturated heterocycles. The Balaban J connectivity index is 2.51. The molecule has 0 heterocycles. The van der Waals surface area contributed by atoms with E-state index in [1.807, 2.05) is 0 Å². The molecule has 0 fully saturated rings. The van der Waals surface area contributed by atoms with Crippen LogP contribution in [0.15, 0.2) is 24.3 Å². The van der Waals surface area contributed by atoms with Crippen molar-refractivity contribution in [2.24, 2.45) is 0 Å². The maximum Gasteiger partial charge on any atom is 0.573 e. The van der Waals surface area contributed by atoms with Crippen LogP contribution in [0, 0.1) is 0 Å². The van der Waals surface area contributed by atoms with Crippen molar-refractivity contribution in [1.29, 1.82) is 0 Å². The van der Waals surface area contributed by atoms with Crippen molar-refractivity contribution in [2.45, 2.75) is 12.8 Å². The van der Waals surface area contributed by atoms with Gasteiger partial charge in [0.2, 0.25) is 0 Å². The molecule has 1 rings (SSSR count). The maximum atomic E-state index is 11.9. The molecule has 18 heavy (non-hydrogen) atoms. The number of ether oxygens (including phenoxy) is 1. The van der Waals surface area contributed by atoms with E-state index < -0.39 is 16.5 Å². The molecular weight excluding hydrogens is 273 g/mol. The van der Waals surface area contributed by atoms with E-state index in [-0.39, 0.29) is 18.8 Å². The Bertz CT molecular complexity index is 479. The smallest absolute Gasteiger partial charge is 0.406 e. The zero-order valence-electron chi connectivity index (χ0n) is 9.40. The van der Waals surface area contributed by atoms with Crippen molar-refractivity contribution in [3.63, 3.8) is 0 Å². The summed E-state index contributed by atoms with van der Waals surface area (Å²) in [6.45, 7) is -0.0572. The van der Waals surface area contributed by atoms with Gasteiger partial charge < -0.3 is 4.74 Å². The third kappa shape index (κ3) is 6.45. The summed E-state index contributed by atoms with van der Waals surface area (Å²) in [6.07, 6.45) is -3.52. The van der Waals surface area contributed by atoms with Crippen LogP contribution in [0.3, 0.4) is 0 Å². The summed E-state index contributed by atoms with van der Waals surface area (Å²) >= 11 is 0. The Morgan fingerprint density at radius 3 is 2.17 bits per heavy atom. The fourth-order valence-electron chi connectivity index (χ4n) is 1.17. The number of hydrogen-bond donors (Lipinski definition) is 0. The van der Waals surface area contributed by atoms with Crippen LogP contribution in [0.4, 0.5) is 13.2 Å². The second-order valence-electron chi connectivity index (χ2n) is 3.47. The van der Waals surface area contributed by atoms with Crippen LogP contribution in [0.25, 0.3) is 0 Å². The first-order valence-electron chi connectivity index (χ1n) is 4.85. The van der Waals surface area contributed by atoms with E-state index in [4.69, 9.17) is 0 Å². The van der Waals surface area contributed by atoms with Crippen LogP contribution in [0.2, 0.25) is 0 Å². The van der Waals surface area contributed by atoms with Crippen LogP contribution in [-0.2, 0) is 20.7 Å². The van der Waals surface area contributed by atoms with E-state index in [0.29, 0.717) is 5.56 Å². The molecule has 0 aliphatic rings. The predicted molar refractivity (Wildman–Crippen MR) is 57.6 cm³/mol. The Hall–Kier alpha value is -1.28. The lowest BCUT2D eigenvalue weighted by atomic mass is 10.1. The molecule has 0 aliphatic carbocycles. The van der Waals surface area contributed by atoms with Gasteiger partial charge in [0.1, 0.15) is 5.75 Å². The van der Waals surface area contributed by atoms with Gasteiger partial charge in [-0.15, -0.1) is 13.2 Å². The van der Waals surface area contributed by atoms with Gasteiger partial charge in [-0.05, 0) is 24.1 Å². The first-order valence-corrected chi connectivity index (χ1v) is 6.66. The molecule has 0 saturated carbocycles. The van der Waals surface area contributed by atoms with Crippen LogP contribution in [0.5, 0.6) is 5.75 Å². The SMILES string of the molecule is CS(=O)(=O)OCCc1ccc(OC(F)(F)F)cc1. The van der Waals surface area contributed by atoms with Crippen molar-refractivity contribution >= 4 is 10.1 Å². The third-order valence-corrected chi connectivity index (χ3v) is 2.44. The van der Waals surface area contributed by atoms with Crippen molar-refractivity contribution in [1.82, 2.24) is 0 Å². The van der Waals surface area contributed by atoms with Gasteiger partial charge >= 0.3 is 6.36 Å². The quantitative estimate of drug-likeness (QED) is 0.777. The van der Waals surface area contributed by atoms with E-state index in [1.54, 1.807) is 0 Å². The molecule has 0 radical (unpaired) electrons. The van der Waals surface area contributed by atoms with Gasteiger partial charge in [0, 0.05) is 0 Å². The third-order valence-electron chi connectivity index (χ3n) is 1.85. The number of hydrogen-bond acceptors (Lipinski definition) is 4. The summed E-state index contributed by atoms with van der Waals surface area (Å²) < 4.78 is 65.1. The molecule has 0 atom stereocenters. The van der Waals surface area contributed by atoms with Crippen molar-refractivity contribution < 1.29 is 30.5 Å². The van der Waals surface area contributed by atoms with Gasteiger partial charge in [-0.2, -0.15) is 8.42 Å². The molecule has 0 amide bonds. The summed E-state index contributed by atoms with van der Waals surface area (Å²) in [4.78, 5) is 0. The Morgan fingerprint density at radius 2 is 1.72 bits per heavy atom. The lowest BCUT2D eigenvalue weighted by molar-refractivity contribution is -0.274. The number of rotatable bonds is 5. The van der Waals surface area contributed by atoms with Crippen LogP contribution in [0.1, 0.15) is 5.56 Å². The van der Waals surface area contributed by atoms with Crippen molar-refractivity contribution in [3.05, 3.63) is 29.8 Å². The first-order chi connectivity index (χ1) is 8.16. The molecule has 102 valence electrons. The zero-order valence-corrected chi connectivity index (χ0v) is 10.2. The van der Waals surface area contributed by atoms with Gasteiger partial charge in [0.05, 0.1) is 12.9 Å². The summed E-state index contributed by atoms with van der Waals surface area (Å²) in [7, 11) is -3.50. The minimum absolute atomic E-state index is 0.0572. The largest absolute Gasteiger partial charge is 0.573 e. The molecule has 1 aromatic carbocycles. The van der Waals surface area contributed by atoms with Gasteiger partial charge in [-0.1, -0.05) is 12.1 Å². The molecule has 0 N–H and O–H groups in total. The first kappa shape index (κ1) is 14.8. The van der Waals surface area contributed by atoms with Crippen LogP contribution in [-0.4, -0.2) is 27.6 Å². The highest BCUT2D eigenvalue weighted by molar-refractivity contribution is 7.85. The maximum absolute atomic E-state index is 11.9. The van der Waals surface area contributed by atoms with Crippen molar-refractivity contribution in [2.75, 3.05) is 12.9 Å². The zero-order chi connectivity index (χ0) is 13.8. The molecule has 0 unspecified atom stereocenters. The average Bonchev–Trinajstić information content (AvgIpc) is 2.16. The predicted octanol–water partition coefficient (Wildman–Crippen LogP) is 2.10. The van der Waals surface area contributed by atoms with E-state index in [1.165, 1.54) is 12.1 Å². The molecule has 1 aromatic rings. The van der Waals surface area contributed by atoms with Gasteiger partial charge in [-0.3, -0.25) is 4.18 Å². The highest BCUT2D eigenvalue weighted by Gasteiger charge is 2.30. The lowest BCUT2D eigenvalue weighted by Crippen LogP contribution is -2.17. The average molecular weight is 284 g/mol. The normalized spacial score (nSPS) is 12.4. The van der Waals surface area contributed by atoms with Crippen LogP contribution >= 0.6 is 0 Å². The van der Waals surface area contributed by atoms with Crippen molar-refractivity contribution in [3.8, 4) is 5.75 Å². The Labute approximate surface area is 102 Å². The monoisotopic (exact) mass is 284 g/mol.